The molecular weight excluding hydrogens is 629 g/mol. The Morgan fingerprint density at radius 3 is 2.32 bits per heavy atom. The monoisotopic (exact) mass is 664 g/mol. The first kappa shape index (κ1) is 35.5. The fourth-order valence-corrected chi connectivity index (χ4v) is 5.57. The highest BCUT2D eigenvalue weighted by Crippen LogP contribution is 2.31. The molecule has 0 saturated carbocycles. The van der Waals surface area contributed by atoms with Crippen LogP contribution in [0.25, 0.3) is 11.0 Å². The average Bonchev–Trinajstić information content (AvgIpc) is 3.71. The van der Waals surface area contributed by atoms with Crippen molar-refractivity contribution in [2.24, 2.45) is 5.92 Å². The molecule has 12 nitrogen and oxygen atoms in total. The second kappa shape index (κ2) is 16.0. The van der Waals surface area contributed by atoms with Gasteiger partial charge in [-0.25, -0.2) is 9.13 Å². The number of aliphatic hydroxyl groups excluding tert-OH is 1. The zero-order chi connectivity index (χ0) is 34.1. The van der Waals surface area contributed by atoms with Crippen LogP contribution in [0.5, 0.6) is 5.75 Å². The van der Waals surface area contributed by atoms with Crippen molar-refractivity contribution in [3.63, 3.8) is 0 Å². The Bertz CT molecular complexity index is 1560. The smallest absolute Gasteiger partial charge is 0.430 e. The first-order valence-corrected chi connectivity index (χ1v) is 15.0. The predicted molar refractivity (Wildman–Crippen MR) is 154 cm³/mol. The van der Waals surface area contributed by atoms with E-state index in [0.717, 1.165) is 29.7 Å². The van der Waals surface area contributed by atoms with Gasteiger partial charge in [-0.3, -0.25) is 14.4 Å². The summed E-state index contributed by atoms with van der Waals surface area (Å²) in [5, 5.41) is 18.0. The van der Waals surface area contributed by atoms with Crippen LogP contribution in [0.2, 0.25) is 0 Å². The number of imidazole rings is 1. The number of carboxylic acid groups (broad SMARTS) is 1. The highest BCUT2D eigenvalue weighted by atomic mass is 19.4. The second-order valence-electron chi connectivity index (χ2n) is 10.8. The number of nitrogens with zero attached hydrogens (tertiary/aromatic N) is 2. The normalized spacial score (nSPS) is 16.2. The lowest BCUT2D eigenvalue weighted by Crippen LogP contribution is -2.42. The van der Waals surface area contributed by atoms with Crippen LogP contribution in [-0.4, -0.2) is 85.1 Å². The summed E-state index contributed by atoms with van der Waals surface area (Å²) in [5.41, 5.74) is 2.73. The Labute approximate surface area is 267 Å². The van der Waals surface area contributed by atoms with E-state index < -0.39 is 18.1 Å². The molecule has 0 radical (unpaired) electrons. The molecule has 15 heteroatoms. The van der Waals surface area contributed by atoms with E-state index >= 15 is 0 Å². The van der Waals surface area contributed by atoms with Crippen molar-refractivity contribution in [3.8, 4) is 5.75 Å². The van der Waals surface area contributed by atoms with Gasteiger partial charge in [0, 0.05) is 30.7 Å². The molecule has 1 atom stereocenters. The van der Waals surface area contributed by atoms with E-state index in [1.165, 1.54) is 6.92 Å². The van der Waals surface area contributed by atoms with Crippen LogP contribution in [-0.2, 0) is 43.3 Å². The van der Waals surface area contributed by atoms with Gasteiger partial charge in [-0.05, 0) is 25.0 Å². The third-order valence-corrected chi connectivity index (χ3v) is 7.62. The lowest BCUT2D eigenvalue weighted by molar-refractivity contribution is -0.681. The Morgan fingerprint density at radius 2 is 1.74 bits per heavy atom. The molecule has 0 unspecified atom stereocenters. The maximum Gasteiger partial charge on any atom is 0.430 e. The molecule has 0 spiro atoms. The zero-order valence-electron chi connectivity index (χ0n) is 25.6. The van der Waals surface area contributed by atoms with Crippen LogP contribution in [0.15, 0.2) is 42.5 Å². The lowest BCUT2D eigenvalue weighted by Gasteiger charge is -2.12. The molecule has 2 heterocycles. The Balaban J connectivity index is 0.000000644. The topological polar surface area (TPSA) is 157 Å². The number of aromatic nitrogens is 2. The molecule has 254 valence electrons. The lowest BCUT2D eigenvalue weighted by atomic mass is 9.99. The van der Waals surface area contributed by atoms with E-state index in [2.05, 4.69) is 9.13 Å². The second-order valence-corrected chi connectivity index (χ2v) is 10.8. The summed E-state index contributed by atoms with van der Waals surface area (Å²) in [5.74, 6) is -3.06. The number of ether oxygens (including phenoxy) is 4. The van der Waals surface area contributed by atoms with Crippen LogP contribution >= 0.6 is 0 Å². The summed E-state index contributed by atoms with van der Waals surface area (Å²) >= 11 is 0. The molecule has 1 aliphatic carbocycles. The van der Waals surface area contributed by atoms with Gasteiger partial charge < -0.3 is 34.0 Å². The van der Waals surface area contributed by atoms with Crippen LogP contribution in [0.1, 0.15) is 46.3 Å². The fraction of sp³-hybridized carbons (Fsp3) is 0.469. The Hall–Kier alpha value is -4.34. The number of halogens is 3. The van der Waals surface area contributed by atoms with Gasteiger partial charge in [0.25, 0.3) is 5.82 Å². The molecular formula is C32H35F3N2O10. The number of carbonyl (C=O) groups excluding carboxylic acids is 4. The summed E-state index contributed by atoms with van der Waals surface area (Å²) < 4.78 is 58.2. The Morgan fingerprint density at radius 1 is 1.06 bits per heavy atom. The summed E-state index contributed by atoms with van der Waals surface area (Å²) in [4.78, 5) is 46.6. The summed E-state index contributed by atoms with van der Waals surface area (Å²) in [6, 6.07) is 12.7. The van der Waals surface area contributed by atoms with Gasteiger partial charge in [0.05, 0.1) is 38.3 Å². The SMILES string of the molecule is CC(=O)OCCOCC[n+]1c(CC2C(=O)c3ccccc3C2=O)n(C[C@@H]2CCCO2)c2cc(OCCO)ccc21.O=C([O-])C(F)(F)F. The third-order valence-electron chi connectivity index (χ3n) is 7.62. The number of benzene rings is 2. The van der Waals surface area contributed by atoms with E-state index in [1.54, 1.807) is 24.3 Å². The average molecular weight is 665 g/mol. The largest absolute Gasteiger partial charge is 0.542 e. The number of Topliss-reactive ketones (excluding diaryl/α,β-unsaturated/α-hetero) is 2. The molecule has 2 aliphatic rings. The molecule has 0 amide bonds. The van der Waals surface area contributed by atoms with Crippen molar-refractivity contribution in [1.82, 2.24) is 4.57 Å². The molecule has 5 rings (SSSR count). The number of aliphatic hydroxyl groups is 1. The van der Waals surface area contributed by atoms with Crippen molar-refractivity contribution in [3.05, 3.63) is 59.4 Å². The molecule has 2 aromatic carbocycles. The first-order valence-electron chi connectivity index (χ1n) is 15.0. The van der Waals surface area contributed by atoms with Gasteiger partial charge in [-0.2, -0.15) is 13.2 Å². The number of rotatable bonds is 13. The fourth-order valence-electron chi connectivity index (χ4n) is 5.57. The van der Waals surface area contributed by atoms with E-state index in [-0.39, 0.29) is 56.5 Å². The van der Waals surface area contributed by atoms with Gasteiger partial charge in [0.2, 0.25) is 0 Å². The van der Waals surface area contributed by atoms with Gasteiger partial charge in [-0.1, -0.05) is 24.3 Å². The van der Waals surface area contributed by atoms with Crippen LogP contribution in [0.3, 0.4) is 0 Å². The number of hydrogen-bond donors (Lipinski definition) is 1. The molecule has 1 aromatic heterocycles. The maximum absolute atomic E-state index is 13.4. The molecule has 3 aromatic rings. The number of alkyl halides is 3. The minimum Gasteiger partial charge on any atom is -0.542 e. The third kappa shape index (κ3) is 8.93. The Kier molecular flexibility index (Phi) is 12.1. The van der Waals surface area contributed by atoms with Gasteiger partial charge in [0.1, 0.15) is 38.0 Å². The number of aliphatic carboxylic acids is 1. The molecule has 1 saturated heterocycles. The van der Waals surface area contributed by atoms with Crippen LogP contribution in [0, 0.1) is 5.92 Å². The molecule has 1 fully saturated rings. The quantitative estimate of drug-likeness (QED) is 0.123. The number of fused-ring (bicyclic) bond motifs is 2. The molecule has 47 heavy (non-hydrogen) atoms. The standard InChI is InChI=1S/C30H35N2O8.C2HF3O2/c1-20(34)38-16-15-37-13-10-31-26-9-8-21(40-14-11-33)17-27(26)32(19-22-5-4-12-39-22)28(31)18-25-29(35)23-6-2-3-7-24(23)30(25)36;3-2(4,5)1(6)7/h2-3,6-9,17,22,25,33H,4-5,10-16,18-19H2,1H3;(H,6,7)/q+1;/p-1/t22-;/m0./s1. The number of esters is 1. The van der Waals surface area contributed by atoms with E-state index in [0.29, 0.717) is 43.2 Å². The minimum absolute atomic E-state index is 0.0111. The molecule has 0 bridgehead atoms. The van der Waals surface area contributed by atoms with Gasteiger partial charge in [0.15, 0.2) is 22.6 Å². The summed E-state index contributed by atoms with van der Waals surface area (Å²) in [6.07, 6.45) is -3.05. The van der Waals surface area contributed by atoms with Crippen molar-refractivity contribution in [1.29, 1.82) is 0 Å². The van der Waals surface area contributed by atoms with Crippen molar-refractivity contribution < 1.29 is 66.1 Å². The first-order chi connectivity index (χ1) is 22.4. The summed E-state index contributed by atoms with van der Waals surface area (Å²) in [7, 11) is 0. The van der Waals surface area contributed by atoms with Crippen LogP contribution < -0.4 is 14.4 Å². The number of carbonyl (C=O) groups is 4. The maximum atomic E-state index is 13.4. The molecule has 1 N–H and O–H groups in total. The van der Waals surface area contributed by atoms with Crippen LogP contribution in [0.4, 0.5) is 13.2 Å². The highest BCUT2D eigenvalue weighted by molar-refractivity contribution is 6.26. The number of carboxylic acids is 1. The van der Waals surface area contributed by atoms with Gasteiger partial charge in [-0.15, -0.1) is 0 Å². The minimum atomic E-state index is -5.19. The summed E-state index contributed by atoms with van der Waals surface area (Å²) in [6.45, 7) is 3.93. The highest BCUT2D eigenvalue weighted by Gasteiger charge is 2.42. The van der Waals surface area contributed by atoms with E-state index in [4.69, 9.17) is 28.8 Å². The number of hydrogen-bond acceptors (Lipinski definition) is 10. The van der Waals surface area contributed by atoms with Gasteiger partial charge >= 0.3 is 12.1 Å². The van der Waals surface area contributed by atoms with Crippen molar-refractivity contribution in [2.45, 2.75) is 51.6 Å². The zero-order valence-corrected chi connectivity index (χ0v) is 25.6. The predicted octanol–water partition coefficient (Wildman–Crippen LogP) is 1.60. The molecule has 1 aliphatic heterocycles. The van der Waals surface area contributed by atoms with E-state index in [1.807, 2.05) is 18.2 Å². The number of ketones is 2. The van der Waals surface area contributed by atoms with Crippen molar-refractivity contribution >= 4 is 34.5 Å². The van der Waals surface area contributed by atoms with Crippen molar-refractivity contribution in [2.75, 3.05) is 39.6 Å². The van der Waals surface area contributed by atoms with E-state index in [9.17, 15) is 32.7 Å².